The summed E-state index contributed by atoms with van der Waals surface area (Å²) >= 11 is 0. The predicted molar refractivity (Wildman–Crippen MR) is 115 cm³/mol. The first-order valence-corrected chi connectivity index (χ1v) is 11.0. The lowest BCUT2D eigenvalue weighted by Crippen LogP contribution is -2.63. The van der Waals surface area contributed by atoms with Crippen LogP contribution in [-0.4, -0.2) is 67.4 Å². The van der Waals surface area contributed by atoms with Crippen molar-refractivity contribution in [1.82, 2.24) is 0 Å². The quantitative estimate of drug-likeness (QED) is 0.407. The van der Waals surface area contributed by atoms with Crippen molar-refractivity contribution < 1.29 is 43.2 Å². The molecule has 1 aromatic carbocycles. The second-order valence-corrected chi connectivity index (χ2v) is 8.25. The van der Waals surface area contributed by atoms with Gasteiger partial charge in [0.2, 0.25) is 0 Å². The minimum atomic E-state index is -1.25. The van der Waals surface area contributed by atoms with Crippen molar-refractivity contribution in [2.75, 3.05) is 13.7 Å². The van der Waals surface area contributed by atoms with E-state index < -0.39 is 67.1 Å². The Balaban J connectivity index is 1.97. The second kappa shape index (κ2) is 11.4. The molecule has 0 spiro atoms. The van der Waals surface area contributed by atoms with Gasteiger partial charge in [-0.05, 0) is 25.0 Å². The van der Waals surface area contributed by atoms with E-state index >= 15 is 0 Å². The third-order valence-corrected chi connectivity index (χ3v) is 5.71. The summed E-state index contributed by atoms with van der Waals surface area (Å²) in [4.78, 5) is 38.4. The zero-order valence-corrected chi connectivity index (χ0v) is 18.9. The third-order valence-electron chi connectivity index (χ3n) is 5.71. The summed E-state index contributed by atoms with van der Waals surface area (Å²) in [5.74, 6) is -2.76. The van der Waals surface area contributed by atoms with Crippen molar-refractivity contribution in [3.8, 4) is 0 Å². The first kappa shape index (κ1) is 24.9. The molecular formula is C24H30O9. The topological polar surface area (TPSA) is 118 Å². The van der Waals surface area contributed by atoms with Crippen LogP contribution in [0.5, 0.6) is 0 Å². The average molecular weight is 462 g/mol. The number of carbonyl (C=O) groups is 3. The molecule has 1 saturated heterocycles. The molecule has 7 atom stereocenters. The van der Waals surface area contributed by atoms with E-state index in [0.29, 0.717) is 12.8 Å². The van der Waals surface area contributed by atoms with Crippen LogP contribution in [0.1, 0.15) is 37.0 Å². The molecule has 1 N–H and O–H groups in total. The molecule has 2 aliphatic heterocycles. The lowest BCUT2D eigenvalue weighted by molar-refractivity contribution is -0.301. The molecule has 180 valence electrons. The summed E-state index contributed by atoms with van der Waals surface area (Å²) in [5, 5.41) is 9.94. The van der Waals surface area contributed by atoms with Crippen LogP contribution in [0.15, 0.2) is 42.5 Å². The zero-order valence-electron chi connectivity index (χ0n) is 18.9. The number of carbonyl (C=O) groups excluding carboxylic acids is 3. The molecule has 9 heteroatoms. The Morgan fingerprint density at radius 3 is 2.12 bits per heavy atom. The van der Waals surface area contributed by atoms with Crippen LogP contribution in [0.4, 0.5) is 0 Å². The number of allylic oxidation sites excluding steroid dienone is 2. The van der Waals surface area contributed by atoms with Gasteiger partial charge >= 0.3 is 17.9 Å². The van der Waals surface area contributed by atoms with Crippen molar-refractivity contribution in [2.45, 2.75) is 57.4 Å². The number of aliphatic hydroxyl groups is 1. The van der Waals surface area contributed by atoms with Crippen molar-refractivity contribution in [1.29, 1.82) is 0 Å². The van der Waals surface area contributed by atoms with E-state index in [9.17, 15) is 19.5 Å². The van der Waals surface area contributed by atoms with Gasteiger partial charge in [-0.3, -0.25) is 9.59 Å². The number of ether oxygens (including phenoxy) is 5. The molecule has 1 fully saturated rings. The Morgan fingerprint density at radius 1 is 1.00 bits per heavy atom. The van der Waals surface area contributed by atoms with Crippen LogP contribution in [0.3, 0.4) is 0 Å². The Labute approximate surface area is 192 Å². The van der Waals surface area contributed by atoms with Gasteiger partial charge in [-0.2, -0.15) is 0 Å². The summed E-state index contributed by atoms with van der Waals surface area (Å²) in [6.45, 7) is 2.89. The molecule has 0 amide bonds. The number of methoxy groups -OCH3 is 1. The lowest BCUT2D eigenvalue weighted by atomic mass is 9.96. The van der Waals surface area contributed by atoms with Gasteiger partial charge in [0.1, 0.15) is 6.10 Å². The number of benzene rings is 1. The number of esters is 3. The fraction of sp³-hybridized carbons (Fsp3) is 0.542. The van der Waals surface area contributed by atoms with E-state index in [-0.39, 0.29) is 5.56 Å². The first-order valence-electron chi connectivity index (χ1n) is 11.0. The van der Waals surface area contributed by atoms with Crippen LogP contribution in [0.2, 0.25) is 0 Å². The molecule has 9 nitrogen and oxygen atoms in total. The van der Waals surface area contributed by atoms with Gasteiger partial charge in [0, 0.05) is 7.11 Å². The van der Waals surface area contributed by atoms with Crippen LogP contribution in [-0.2, 0) is 33.3 Å². The first-order chi connectivity index (χ1) is 15.8. The van der Waals surface area contributed by atoms with Crippen molar-refractivity contribution >= 4 is 17.9 Å². The van der Waals surface area contributed by atoms with Crippen LogP contribution >= 0.6 is 0 Å². The van der Waals surface area contributed by atoms with Crippen LogP contribution < -0.4 is 0 Å². The van der Waals surface area contributed by atoms with Gasteiger partial charge in [-0.15, -0.1) is 0 Å². The molecule has 2 heterocycles. The normalized spacial score (nSPS) is 33.0. The second-order valence-electron chi connectivity index (χ2n) is 8.25. The van der Waals surface area contributed by atoms with E-state index in [1.165, 1.54) is 7.11 Å². The Kier molecular flexibility index (Phi) is 8.60. The van der Waals surface area contributed by atoms with Gasteiger partial charge in [0.05, 0.1) is 24.0 Å². The third kappa shape index (κ3) is 5.98. The van der Waals surface area contributed by atoms with Crippen LogP contribution in [0, 0.1) is 11.8 Å². The number of rotatable bonds is 4. The van der Waals surface area contributed by atoms with Gasteiger partial charge in [0.25, 0.3) is 0 Å². The highest BCUT2D eigenvalue weighted by molar-refractivity contribution is 5.89. The molecule has 0 saturated carbocycles. The smallest absolute Gasteiger partial charge is 0.338 e. The number of fused-ring (bicyclic) bond motifs is 1. The highest BCUT2D eigenvalue weighted by Crippen LogP contribution is 2.31. The standard InChI is InChI=1S/C24H30O9/c1-14-9-7-8-10-15(2)22(27)33-20-19(32-21(14)26)18(17(13-25)30-24(20)29-3)31-23(28)16-11-5-4-6-12-16/h4-8,11-12,14-15,17-20,24-25H,9-10,13H2,1-3H3/t14-,15-,17+,18-,19-,20+,24-/m0/s1. The zero-order chi connectivity index (χ0) is 24.0. The van der Waals surface area contributed by atoms with Gasteiger partial charge < -0.3 is 28.8 Å². The molecule has 1 aromatic rings. The maximum Gasteiger partial charge on any atom is 0.338 e. The molecule has 2 aliphatic rings. The van der Waals surface area contributed by atoms with Gasteiger partial charge in [-0.1, -0.05) is 44.2 Å². The molecular weight excluding hydrogens is 432 g/mol. The number of hydrogen-bond donors (Lipinski definition) is 1. The summed E-state index contributed by atoms with van der Waals surface area (Å²) in [6, 6.07) is 8.24. The largest absolute Gasteiger partial charge is 0.454 e. The molecule has 33 heavy (non-hydrogen) atoms. The minimum Gasteiger partial charge on any atom is -0.454 e. The van der Waals surface area contributed by atoms with E-state index in [4.69, 9.17) is 23.7 Å². The van der Waals surface area contributed by atoms with Crippen molar-refractivity contribution in [2.24, 2.45) is 11.8 Å². The Morgan fingerprint density at radius 2 is 1.58 bits per heavy atom. The van der Waals surface area contributed by atoms with E-state index in [0.717, 1.165) is 0 Å². The fourth-order valence-corrected chi connectivity index (χ4v) is 3.68. The summed E-state index contributed by atoms with van der Waals surface area (Å²) in [7, 11) is 1.34. The maximum absolute atomic E-state index is 12.8. The van der Waals surface area contributed by atoms with Crippen molar-refractivity contribution in [3.63, 3.8) is 0 Å². The average Bonchev–Trinajstić information content (AvgIpc) is 2.83. The van der Waals surface area contributed by atoms with Crippen LogP contribution in [0.25, 0.3) is 0 Å². The molecule has 0 bridgehead atoms. The fourth-order valence-electron chi connectivity index (χ4n) is 3.68. The predicted octanol–water partition coefficient (Wildman–Crippen LogP) is 2.02. The molecule has 0 aromatic heterocycles. The van der Waals surface area contributed by atoms with Crippen molar-refractivity contribution in [3.05, 3.63) is 48.0 Å². The van der Waals surface area contributed by atoms with E-state index in [1.54, 1.807) is 44.2 Å². The lowest BCUT2D eigenvalue weighted by Gasteiger charge is -2.44. The molecule has 0 unspecified atom stereocenters. The summed E-state index contributed by atoms with van der Waals surface area (Å²) in [5.41, 5.74) is 0.267. The highest BCUT2D eigenvalue weighted by atomic mass is 16.7. The van der Waals surface area contributed by atoms with E-state index in [2.05, 4.69) is 0 Å². The number of aliphatic hydroxyl groups excluding tert-OH is 1. The molecule has 0 radical (unpaired) electrons. The summed E-state index contributed by atoms with van der Waals surface area (Å²) < 4.78 is 28.1. The molecule has 0 aliphatic carbocycles. The maximum atomic E-state index is 12.8. The van der Waals surface area contributed by atoms with Gasteiger partial charge in [0.15, 0.2) is 24.6 Å². The Hall–Kier alpha value is -2.75. The summed E-state index contributed by atoms with van der Waals surface area (Å²) in [6.07, 6.45) is -1.41. The highest BCUT2D eigenvalue weighted by Gasteiger charge is 2.53. The number of hydrogen-bond acceptors (Lipinski definition) is 9. The SMILES string of the molecule is CO[C@H]1O[C@H](CO)[C@H](OC(=O)c2ccccc2)[C@@H]2OC(=O)[C@@H](C)CC=CC[C@H](C)C(=O)O[C@@H]12. The monoisotopic (exact) mass is 462 g/mol. The van der Waals surface area contributed by atoms with E-state index in [1.807, 2.05) is 12.2 Å². The molecule has 3 rings (SSSR count). The minimum absolute atomic E-state index is 0.267. The Bertz CT molecular complexity index is 853. The van der Waals surface area contributed by atoms with Gasteiger partial charge in [-0.25, -0.2) is 4.79 Å².